The number of carboxylic acids is 1. The number of piperidine rings is 1. The highest BCUT2D eigenvalue weighted by Gasteiger charge is 2.27. The first-order chi connectivity index (χ1) is 16.8. The number of nitrogen functional groups attached to an aromatic ring is 1. The molecule has 1 aromatic carbocycles. The summed E-state index contributed by atoms with van der Waals surface area (Å²) in [6.07, 6.45) is 5.16. The number of rotatable bonds is 5. The molecular formula is C27H28FN5O2. The molecule has 4 aromatic rings. The number of anilines is 1. The predicted molar refractivity (Wildman–Crippen MR) is 134 cm³/mol. The first kappa shape index (κ1) is 23.0. The Labute approximate surface area is 203 Å². The Morgan fingerprint density at radius 3 is 2.51 bits per heavy atom. The number of hydrogen-bond donors (Lipinski definition) is 2. The highest BCUT2D eigenvalue weighted by atomic mass is 19.1. The monoisotopic (exact) mass is 473 g/mol. The van der Waals surface area contributed by atoms with Crippen molar-refractivity contribution < 1.29 is 14.3 Å². The fraction of sp³-hybridized carbons (Fsp3) is 0.296. The minimum atomic E-state index is -0.900. The number of carboxylic acid groups (broad SMARTS) is 1. The zero-order valence-corrected chi connectivity index (χ0v) is 19.8. The number of fused-ring (bicyclic) bond motifs is 1. The average Bonchev–Trinajstić information content (AvgIpc) is 3.20. The van der Waals surface area contributed by atoms with Crippen LogP contribution in [0.1, 0.15) is 53.3 Å². The Morgan fingerprint density at radius 2 is 1.86 bits per heavy atom. The molecule has 4 heterocycles. The molecule has 35 heavy (non-hydrogen) atoms. The van der Waals surface area contributed by atoms with Crippen LogP contribution in [0.25, 0.3) is 22.3 Å². The number of aryl methyl sites for hydroxylation is 1. The van der Waals surface area contributed by atoms with Gasteiger partial charge in [0.1, 0.15) is 11.3 Å². The van der Waals surface area contributed by atoms with Crippen LogP contribution in [0.2, 0.25) is 0 Å². The summed E-state index contributed by atoms with van der Waals surface area (Å²) >= 11 is 0. The van der Waals surface area contributed by atoms with E-state index in [1.54, 1.807) is 24.4 Å². The molecule has 0 unspecified atom stereocenters. The molecule has 1 aliphatic heterocycles. The number of aromatic carboxylic acids is 1. The highest BCUT2D eigenvalue weighted by Crippen LogP contribution is 2.36. The molecule has 0 aliphatic carbocycles. The van der Waals surface area contributed by atoms with E-state index in [0.29, 0.717) is 22.7 Å². The van der Waals surface area contributed by atoms with Gasteiger partial charge in [0, 0.05) is 42.0 Å². The van der Waals surface area contributed by atoms with Gasteiger partial charge in [-0.2, -0.15) is 0 Å². The molecule has 7 nitrogen and oxygen atoms in total. The second-order valence-electron chi connectivity index (χ2n) is 9.24. The maximum absolute atomic E-state index is 14.7. The van der Waals surface area contributed by atoms with E-state index in [4.69, 9.17) is 10.8 Å². The number of nitrogens with two attached hydrogens (primary N) is 1. The molecule has 5 rings (SSSR count). The number of aromatic nitrogens is 3. The standard InChI is InChI=1S/C27H28FN5O2/c1-16(33-11-8-18(9-12-33)17-3-5-19(6-4-17)27(34)35)24-14-22-21(7-10-30-26(22)32(24)2)25-23(28)13-20(29)15-31-25/h3-7,10,13-16,18H,8-9,11-12,29H2,1-2H3,(H,34,35)/t16-/m0/s1. The van der Waals surface area contributed by atoms with Crippen LogP contribution in [0.4, 0.5) is 10.1 Å². The van der Waals surface area contributed by atoms with Crippen molar-refractivity contribution >= 4 is 22.7 Å². The summed E-state index contributed by atoms with van der Waals surface area (Å²) in [5.41, 5.74) is 10.4. The van der Waals surface area contributed by atoms with Gasteiger partial charge in [0.25, 0.3) is 0 Å². The fourth-order valence-electron chi connectivity index (χ4n) is 5.20. The fourth-order valence-corrected chi connectivity index (χ4v) is 5.20. The second kappa shape index (κ2) is 9.11. The predicted octanol–water partition coefficient (Wildman–Crippen LogP) is 5.00. The molecule has 0 amide bonds. The summed E-state index contributed by atoms with van der Waals surface area (Å²) in [5, 5.41) is 9.99. The second-order valence-corrected chi connectivity index (χ2v) is 9.24. The van der Waals surface area contributed by atoms with Crippen molar-refractivity contribution in [2.45, 2.75) is 31.7 Å². The first-order valence-corrected chi connectivity index (χ1v) is 11.8. The minimum absolute atomic E-state index is 0.154. The number of nitrogens with zero attached hydrogens (tertiary/aromatic N) is 4. The topological polar surface area (TPSA) is 97.3 Å². The van der Waals surface area contributed by atoms with E-state index >= 15 is 0 Å². The highest BCUT2D eigenvalue weighted by molar-refractivity contribution is 5.93. The summed E-state index contributed by atoms with van der Waals surface area (Å²) in [7, 11) is 1.99. The third-order valence-electron chi connectivity index (χ3n) is 7.22. The molecule has 3 N–H and O–H groups in total. The summed E-state index contributed by atoms with van der Waals surface area (Å²) < 4.78 is 16.7. The Kier molecular flexibility index (Phi) is 5.98. The number of hydrogen-bond acceptors (Lipinski definition) is 5. The van der Waals surface area contributed by atoms with Gasteiger partial charge in [-0.05, 0) is 68.6 Å². The van der Waals surface area contributed by atoms with Crippen molar-refractivity contribution in [2.75, 3.05) is 18.8 Å². The van der Waals surface area contributed by atoms with E-state index in [1.165, 1.54) is 17.8 Å². The van der Waals surface area contributed by atoms with Gasteiger partial charge < -0.3 is 15.4 Å². The zero-order chi connectivity index (χ0) is 24.7. The molecule has 0 saturated carbocycles. The minimum Gasteiger partial charge on any atom is -0.478 e. The number of likely N-dealkylation sites (tertiary alicyclic amines) is 1. The Bertz CT molecular complexity index is 1390. The molecular weight excluding hydrogens is 445 g/mol. The van der Waals surface area contributed by atoms with Crippen LogP contribution in [0.5, 0.6) is 0 Å². The lowest BCUT2D eigenvalue weighted by molar-refractivity contribution is 0.0697. The largest absolute Gasteiger partial charge is 0.478 e. The van der Waals surface area contributed by atoms with E-state index in [-0.39, 0.29) is 11.7 Å². The van der Waals surface area contributed by atoms with Crippen molar-refractivity contribution in [3.63, 3.8) is 0 Å². The molecule has 8 heteroatoms. The van der Waals surface area contributed by atoms with Crippen molar-refractivity contribution in [2.24, 2.45) is 7.05 Å². The molecule has 1 aliphatic rings. The van der Waals surface area contributed by atoms with Gasteiger partial charge in [-0.3, -0.25) is 9.88 Å². The van der Waals surface area contributed by atoms with E-state index in [0.717, 1.165) is 42.7 Å². The van der Waals surface area contributed by atoms with Gasteiger partial charge in [0.2, 0.25) is 0 Å². The Hall–Kier alpha value is -3.78. The van der Waals surface area contributed by atoms with Crippen LogP contribution in [-0.4, -0.2) is 43.6 Å². The van der Waals surface area contributed by atoms with Gasteiger partial charge in [-0.25, -0.2) is 14.2 Å². The van der Waals surface area contributed by atoms with E-state index in [9.17, 15) is 9.18 Å². The van der Waals surface area contributed by atoms with Crippen molar-refractivity contribution in [3.05, 3.63) is 77.5 Å². The third kappa shape index (κ3) is 4.25. The van der Waals surface area contributed by atoms with Gasteiger partial charge in [-0.1, -0.05) is 12.1 Å². The van der Waals surface area contributed by atoms with Crippen LogP contribution in [0.15, 0.2) is 54.9 Å². The Balaban J connectivity index is 1.37. The van der Waals surface area contributed by atoms with Crippen LogP contribution >= 0.6 is 0 Å². The smallest absolute Gasteiger partial charge is 0.335 e. The summed E-state index contributed by atoms with van der Waals surface area (Å²) in [6, 6.07) is 12.6. The molecule has 1 atom stereocenters. The van der Waals surface area contributed by atoms with Crippen LogP contribution < -0.4 is 5.73 Å². The molecule has 3 aromatic heterocycles. The number of benzene rings is 1. The van der Waals surface area contributed by atoms with E-state index < -0.39 is 11.8 Å². The average molecular weight is 474 g/mol. The summed E-state index contributed by atoms with van der Waals surface area (Å²) in [4.78, 5) is 22.4. The molecule has 0 spiro atoms. The van der Waals surface area contributed by atoms with Crippen LogP contribution in [0.3, 0.4) is 0 Å². The first-order valence-electron chi connectivity index (χ1n) is 11.8. The lowest BCUT2D eigenvalue weighted by Crippen LogP contribution is -2.35. The van der Waals surface area contributed by atoms with Crippen LogP contribution in [0, 0.1) is 5.82 Å². The van der Waals surface area contributed by atoms with Crippen LogP contribution in [-0.2, 0) is 7.05 Å². The Morgan fingerprint density at radius 1 is 1.14 bits per heavy atom. The van der Waals surface area contributed by atoms with Crippen molar-refractivity contribution in [3.8, 4) is 11.3 Å². The van der Waals surface area contributed by atoms with Crippen molar-refractivity contribution in [1.82, 2.24) is 19.4 Å². The quantitative estimate of drug-likeness (QED) is 0.424. The maximum atomic E-state index is 14.7. The SMILES string of the molecule is C[C@@H](c1cc2c(-c3ncc(N)cc3F)ccnc2n1C)N1CCC(c2ccc(C(=O)O)cc2)CC1. The van der Waals surface area contributed by atoms with Gasteiger partial charge >= 0.3 is 5.97 Å². The summed E-state index contributed by atoms with van der Waals surface area (Å²) in [5.74, 6) is -0.932. The normalized spacial score (nSPS) is 16.0. The van der Waals surface area contributed by atoms with E-state index in [1.807, 2.05) is 19.2 Å². The summed E-state index contributed by atoms with van der Waals surface area (Å²) in [6.45, 7) is 4.06. The molecule has 0 bridgehead atoms. The number of halogens is 1. The number of pyridine rings is 2. The molecule has 1 saturated heterocycles. The van der Waals surface area contributed by atoms with Gasteiger partial charge in [0.05, 0.1) is 17.4 Å². The third-order valence-corrected chi connectivity index (χ3v) is 7.22. The van der Waals surface area contributed by atoms with E-state index in [2.05, 4.69) is 32.4 Å². The number of carbonyl (C=O) groups is 1. The van der Waals surface area contributed by atoms with Crippen molar-refractivity contribution in [1.29, 1.82) is 0 Å². The lowest BCUT2D eigenvalue weighted by atomic mass is 9.88. The maximum Gasteiger partial charge on any atom is 0.335 e. The van der Waals surface area contributed by atoms with Gasteiger partial charge in [-0.15, -0.1) is 0 Å². The lowest BCUT2D eigenvalue weighted by Gasteiger charge is -2.36. The molecule has 180 valence electrons. The zero-order valence-electron chi connectivity index (χ0n) is 19.8. The molecule has 0 radical (unpaired) electrons. The van der Waals surface area contributed by atoms with Gasteiger partial charge in [0.15, 0.2) is 5.82 Å². The molecule has 1 fully saturated rings.